The maximum atomic E-state index is 12.1. The van der Waals surface area contributed by atoms with Crippen LogP contribution in [0.1, 0.15) is 64.2 Å². The molecule has 6 heteroatoms. The summed E-state index contributed by atoms with van der Waals surface area (Å²) < 4.78 is 5.76. The molecule has 2 atom stereocenters. The number of rotatable bonds is 10. The van der Waals surface area contributed by atoms with Gasteiger partial charge in [0.25, 0.3) is 0 Å². The highest BCUT2D eigenvalue weighted by molar-refractivity contribution is 8.00. The Bertz CT molecular complexity index is 385. The number of hydrogen-bond donors (Lipinski definition) is 1. The Morgan fingerprint density at radius 3 is 2.78 bits per heavy atom. The number of aliphatic carboxylic acids is 1. The third-order valence-corrected chi connectivity index (χ3v) is 5.91. The summed E-state index contributed by atoms with van der Waals surface area (Å²) >= 11 is 1.76. The molecule has 0 saturated carbocycles. The Labute approximate surface area is 143 Å². The highest BCUT2D eigenvalue weighted by atomic mass is 32.2. The second-order valence-corrected chi connectivity index (χ2v) is 7.64. The number of ether oxygens (including phenoxy) is 1. The highest BCUT2D eigenvalue weighted by Gasteiger charge is 2.31. The zero-order valence-corrected chi connectivity index (χ0v) is 14.7. The Morgan fingerprint density at radius 2 is 2.04 bits per heavy atom. The number of unbranched alkanes of at least 4 members (excludes halogenated alkanes) is 3. The molecule has 5 nitrogen and oxygen atoms in total. The highest BCUT2D eigenvalue weighted by Crippen LogP contribution is 2.30. The lowest BCUT2D eigenvalue weighted by Crippen LogP contribution is -2.36. The minimum absolute atomic E-state index is 0.265. The number of carbonyl (C=O) groups is 2. The van der Waals surface area contributed by atoms with E-state index >= 15 is 0 Å². The SMILES string of the molecule is O=C(O)CCCCCCC1SCC(=O)N1CCC1CCCCO1. The lowest BCUT2D eigenvalue weighted by molar-refractivity contribution is -0.137. The first-order valence-electron chi connectivity index (χ1n) is 8.91. The second kappa shape index (κ2) is 10.2. The van der Waals surface area contributed by atoms with Gasteiger partial charge in [0.05, 0.1) is 17.2 Å². The number of carbonyl (C=O) groups excluding carboxylic acids is 1. The molecule has 2 heterocycles. The molecule has 2 rings (SSSR count). The van der Waals surface area contributed by atoms with Crippen LogP contribution in [0, 0.1) is 0 Å². The van der Waals surface area contributed by atoms with Crippen molar-refractivity contribution in [3.8, 4) is 0 Å². The van der Waals surface area contributed by atoms with E-state index in [1.165, 1.54) is 12.8 Å². The first-order valence-corrected chi connectivity index (χ1v) is 9.96. The lowest BCUT2D eigenvalue weighted by Gasteiger charge is -2.28. The molecule has 1 N–H and O–H groups in total. The second-order valence-electron chi connectivity index (χ2n) is 6.48. The van der Waals surface area contributed by atoms with Crippen LogP contribution in [0.4, 0.5) is 0 Å². The number of amides is 1. The first-order chi connectivity index (χ1) is 11.2. The largest absolute Gasteiger partial charge is 0.481 e. The first kappa shape index (κ1) is 18.6. The molecule has 0 radical (unpaired) electrons. The predicted octanol–water partition coefficient (Wildman–Crippen LogP) is 3.27. The molecule has 2 aliphatic rings. The minimum Gasteiger partial charge on any atom is -0.481 e. The summed E-state index contributed by atoms with van der Waals surface area (Å²) in [5.41, 5.74) is 0. The van der Waals surface area contributed by atoms with Crippen molar-refractivity contribution in [2.75, 3.05) is 18.9 Å². The monoisotopic (exact) mass is 343 g/mol. The normalized spacial score (nSPS) is 25.0. The molecule has 23 heavy (non-hydrogen) atoms. The fourth-order valence-corrected chi connectivity index (χ4v) is 4.51. The number of hydrogen-bond acceptors (Lipinski definition) is 4. The van der Waals surface area contributed by atoms with Crippen LogP contribution in [0.5, 0.6) is 0 Å². The van der Waals surface area contributed by atoms with Crippen LogP contribution < -0.4 is 0 Å². The molecule has 1 amide bonds. The molecule has 2 aliphatic heterocycles. The van der Waals surface area contributed by atoms with E-state index in [9.17, 15) is 9.59 Å². The van der Waals surface area contributed by atoms with Gasteiger partial charge >= 0.3 is 5.97 Å². The van der Waals surface area contributed by atoms with Crippen LogP contribution in [0.15, 0.2) is 0 Å². The van der Waals surface area contributed by atoms with Gasteiger partial charge in [0.1, 0.15) is 0 Å². The molecule has 2 fully saturated rings. The van der Waals surface area contributed by atoms with Gasteiger partial charge in [-0.3, -0.25) is 9.59 Å². The van der Waals surface area contributed by atoms with E-state index in [0.717, 1.165) is 58.1 Å². The summed E-state index contributed by atoms with van der Waals surface area (Å²) in [6.45, 7) is 1.69. The third kappa shape index (κ3) is 6.71. The van der Waals surface area contributed by atoms with Gasteiger partial charge in [-0.25, -0.2) is 0 Å². The molecule has 0 spiro atoms. The van der Waals surface area contributed by atoms with Crippen molar-refractivity contribution in [1.82, 2.24) is 4.90 Å². The van der Waals surface area contributed by atoms with Crippen molar-refractivity contribution in [2.24, 2.45) is 0 Å². The van der Waals surface area contributed by atoms with E-state index in [4.69, 9.17) is 9.84 Å². The summed E-state index contributed by atoms with van der Waals surface area (Å²) in [4.78, 5) is 24.6. The van der Waals surface area contributed by atoms with Crippen LogP contribution in [-0.4, -0.2) is 52.3 Å². The average Bonchev–Trinajstić information content (AvgIpc) is 2.89. The Hall–Kier alpha value is -0.750. The van der Waals surface area contributed by atoms with E-state index in [1.807, 2.05) is 4.90 Å². The fraction of sp³-hybridized carbons (Fsp3) is 0.882. The summed E-state index contributed by atoms with van der Waals surface area (Å²) in [6, 6.07) is 0. The molecule has 0 bridgehead atoms. The van der Waals surface area contributed by atoms with Crippen LogP contribution in [0.25, 0.3) is 0 Å². The van der Waals surface area contributed by atoms with E-state index in [1.54, 1.807) is 11.8 Å². The number of thioether (sulfide) groups is 1. The van der Waals surface area contributed by atoms with Gasteiger partial charge in [0.2, 0.25) is 5.91 Å². The molecular weight excluding hydrogens is 314 g/mol. The van der Waals surface area contributed by atoms with Gasteiger partial charge < -0.3 is 14.7 Å². The summed E-state index contributed by atoms with van der Waals surface area (Å²) in [7, 11) is 0. The summed E-state index contributed by atoms with van der Waals surface area (Å²) in [5, 5.41) is 8.93. The van der Waals surface area contributed by atoms with E-state index < -0.39 is 5.97 Å². The molecule has 2 saturated heterocycles. The van der Waals surface area contributed by atoms with Gasteiger partial charge in [-0.1, -0.05) is 19.3 Å². The van der Waals surface area contributed by atoms with Crippen molar-refractivity contribution in [1.29, 1.82) is 0 Å². The van der Waals surface area contributed by atoms with Crippen LogP contribution in [0.3, 0.4) is 0 Å². The van der Waals surface area contributed by atoms with Crippen molar-refractivity contribution in [3.63, 3.8) is 0 Å². The van der Waals surface area contributed by atoms with Crippen molar-refractivity contribution >= 4 is 23.6 Å². The molecule has 0 aliphatic carbocycles. The zero-order valence-electron chi connectivity index (χ0n) is 13.9. The molecule has 2 unspecified atom stereocenters. The van der Waals surface area contributed by atoms with E-state index in [0.29, 0.717) is 17.2 Å². The number of carboxylic acids is 1. The number of carboxylic acid groups (broad SMARTS) is 1. The fourth-order valence-electron chi connectivity index (χ4n) is 3.28. The standard InChI is InChI=1S/C17H29NO4S/c19-15-13-23-16(8-3-1-2-4-9-17(20)21)18(15)11-10-14-7-5-6-12-22-14/h14,16H,1-13H2,(H,20,21). The number of nitrogens with zero attached hydrogens (tertiary/aromatic N) is 1. The molecule has 0 aromatic heterocycles. The maximum absolute atomic E-state index is 12.1. The summed E-state index contributed by atoms with van der Waals surface area (Å²) in [6.07, 6.45) is 9.97. The van der Waals surface area contributed by atoms with Crippen molar-refractivity contribution < 1.29 is 19.4 Å². The Morgan fingerprint density at radius 1 is 1.22 bits per heavy atom. The molecule has 132 valence electrons. The quantitative estimate of drug-likeness (QED) is 0.617. The maximum Gasteiger partial charge on any atom is 0.303 e. The summed E-state index contributed by atoms with van der Waals surface area (Å²) in [5.74, 6) is 0.162. The molecule has 0 aromatic rings. The van der Waals surface area contributed by atoms with Crippen LogP contribution in [0.2, 0.25) is 0 Å². The van der Waals surface area contributed by atoms with Gasteiger partial charge in [-0.05, 0) is 38.5 Å². The topological polar surface area (TPSA) is 66.8 Å². The van der Waals surface area contributed by atoms with E-state index in [-0.39, 0.29) is 12.3 Å². The van der Waals surface area contributed by atoms with E-state index in [2.05, 4.69) is 0 Å². The average molecular weight is 343 g/mol. The van der Waals surface area contributed by atoms with Crippen molar-refractivity contribution in [3.05, 3.63) is 0 Å². The lowest BCUT2D eigenvalue weighted by atomic mass is 10.1. The zero-order chi connectivity index (χ0) is 16.5. The molecule has 0 aromatic carbocycles. The third-order valence-electron chi connectivity index (χ3n) is 4.62. The minimum atomic E-state index is -0.710. The van der Waals surface area contributed by atoms with Gasteiger partial charge in [0, 0.05) is 19.6 Å². The van der Waals surface area contributed by atoms with Gasteiger partial charge in [-0.2, -0.15) is 0 Å². The van der Waals surface area contributed by atoms with Crippen LogP contribution >= 0.6 is 11.8 Å². The van der Waals surface area contributed by atoms with Gasteiger partial charge in [-0.15, -0.1) is 11.8 Å². The smallest absolute Gasteiger partial charge is 0.303 e. The Balaban J connectivity index is 1.62. The Kier molecular flexibility index (Phi) is 8.23. The predicted molar refractivity (Wildman–Crippen MR) is 91.5 cm³/mol. The van der Waals surface area contributed by atoms with Crippen LogP contribution in [-0.2, 0) is 14.3 Å². The molecular formula is C17H29NO4S. The van der Waals surface area contributed by atoms with Gasteiger partial charge in [0.15, 0.2) is 0 Å². The van der Waals surface area contributed by atoms with Crippen molar-refractivity contribution in [2.45, 2.75) is 75.7 Å².